The van der Waals surface area contributed by atoms with E-state index in [1.54, 1.807) is 0 Å². The van der Waals surface area contributed by atoms with E-state index in [0.29, 0.717) is 5.92 Å². The molecule has 4 heteroatoms. The summed E-state index contributed by atoms with van der Waals surface area (Å²) in [5, 5.41) is 0. The molecule has 120 valence electrons. The van der Waals surface area contributed by atoms with Gasteiger partial charge in [0.05, 0.1) is 12.0 Å². The van der Waals surface area contributed by atoms with Crippen LogP contribution < -0.4 is 0 Å². The Hall–Kier alpha value is -2.36. The third-order valence-corrected chi connectivity index (χ3v) is 3.91. The van der Waals surface area contributed by atoms with Crippen LogP contribution in [-0.4, -0.2) is 19.1 Å². The zero-order valence-corrected chi connectivity index (χ0v) is 13.8. The van der Waals surface area contributed by atoms with E-state index in [1.807, 2.05) is 24.9 Å². The number of aryl methyl sites for hydroxylation is 2. The Morgan fingerprint density at radius 1 is 1.09 bits per heavy atom. The Kier molecular flexibility index (Phi) is 4.91. The molecule has 2 aromatic heterocycles. The lowest BCUT2D eigenvalue weighted by molar-refractivity contribution is 0.532. The van der Waals surface area contributed by atoms with E-state index in [0.717, 1.165) is 31.6 Å². The summed E-state index contributed by atoms with van der Waals surface area (Å²) in [5.41, 5.74) is 3.66. The van der Waals surface area contributed by atoms with Crippen molar-refractivity contribution in [3.63, 3.8) is 0 Å². The highest BCUT2D eigenvalue weighted by atomic mass is 15.1. The summed E-state index contributed by atoms with van der Waals surface area (Å²) < 4.78 is 4.38. The molecule has 0 radical (unpaired) electrons. The number of rotatable bonds is 7. The van der Waals surface area contributed by atoms with Gasteiger partial charge in [-0.2, -0.15) is 0 Å². The van der Waals surface area contributed by atoms with Gasteiger partial charge in [0.1, 0.15) is 0 Å². The van der Waals surface area contributed by atoms with Crippen LogP contribution in [0.1, 0.15) is 26.0 Å². The van der Waals surface area contributed by atoms with E-state index in [1.165, 1.54) is 11.3 Å². The van der Waals surface area contributed by atoms with E-state index in [4.69, 9.17) is 4.98 Å². The van der Waals surface area contributed by atoms with Crippen LogP contribution in [0, 0.1) is 12.1 Å². The number of hydrogen-bond donors (Lipinski definition) is 0. The van der Waals surface area contributed by atoms with Crippen LogP contribution in [0.3, 0.4) is 0 Å². The molecule has 3 rings (SSSR count). The van der Waals surface area contributed by atoms with Crippen LogP contribution >= 0.6 is 0 Å². The lowest BCUT2D eigenvalue weighted by Crippen LogP contribution is -2.08. The molecule has 0 fully saturated rings. The molecule has 0 N–H and O–H groups in total. The van der Waals surface area contributed by atoms with Crippen molar-refractivity contribution in [2.75, 3.05) is 0 Å². The van der Waals surface area contributed by atoms with E-state index >= 15 is 0 Å². The van der Waals surface area contributed by atoms with Gasteiger partial charge in [-0.3, -0.25) is 0 Å². The molecular formula is C19H23N4-. The third kappa shape index (κ3) is 3.89. The summed E-state index contributed by atoms with van der Waals surface area (Å²) in [7, 11) is 0. The van der Waals surface area contributed by atoms with Crippen molar-refractivity contribution < 1.29 is 0 Å². The minimum absolute atomic E-state index is 0.608. The average molecular weight is 307 g/mol. The van der Waals surface area contributed by atoms with Crippen molar-refractivity contribution in [1.82, 2.24) is 19.1 Å². The van der Waals surface area contributed by atoms with Gasteiger partial charge in [0.15, 0.2) is 0 Å². The molecule has 0 bridgehead atoms. The highest BCUT2D eigenvalue weighted by molar-refractivity contribution is 5.61. The van der Waals surface area contributed by atoms with Crippen LogP contribution in [0.4, 0.5) is 0 Å². The SMILES string of the molecule is CC(C)Cc1c(-c2ccccc2)ncn1CCCn1c[c-]nc1. The van der Waals surface area contributed by atoms with E-state index < -0.39 is 0 Å². The number of imidazole rings is 2. The molecule has 23 heavy (non-hydrogen) atoms. The van der Waals surface area contributed by atoms with Gasteiger partial charge in [0, 0.05) is 24.3 Å². The molecule has 0 saturated carbocycles. The van der Waals surface area contributed by atoms with Crippen molar-refractivity contribution in [2.24, 2.45) is 5.92 Å². The molecule has 0 amide bonds. The molecule has 4 nitrogen and oxygen atoms in total. The maximum absolute atomic E-state index is 4.69. The van der Waals surface area contributed by atoms with Crippen LogP contribution in [0.25, 0.3) is 11.3 Å². The largest absolute Gasteiger partial charge is 0.442 e. The van der Waals surface area contributed by atoms with Gasteiger partial charge in [0.2, 0.25) is 0 Å². The van der Waals surface area contributed by atoms with Gasteiger partial charge >= 0.3 is 0 Å². The molecule has 0 saturated heterocycles. The second-order valence-electron chi connectivity index (χ2n) is 6.29. The molecule has 0 atom stereocenters. The Labute approximate surface area is 137 Å². The minimum atomic E-state index is 0.608. The summed E-state index contributed by atoms with van der Waals surface area (Å²) >= 11 is 0. The van der Waals surface area contributed by atoms with Gasteiger partial charge in [0.25, 0.3) is 0 Å². The van der Waals surface area contributed by atoms with Crippen molar-refractivity contribution in [3.05, 3.63) is 61.1 Å². The van der Waals surface area contributed by atoms with Gasteiger partial charge in [-0.25, -0.2) is 4.98 Å². The van der Waals surface area contributed by atoms with Crippen LogP contribution in [0.5, 0.6) is 0 Å². The maximum Gasteiger partial charge on any atom is 0.0956 e. The van der Waals surface area contributed by atoms with Crippen LogP contribution in [0.15, 0.2) is 49.2 Å². The van der Waals surface area contributed by atoms with E-state index in [2.05, 4.69) is 58.4 Å². The molecule has 0 aliphatic rings. The number of nitrogens with zero attached hydrogens (tertiary/aromatic N) is 4. The fraction of sp³-hybridized carbons (Fsp3) is 0.368. The molecule has 1 aromatic carbocycles. The lowest BCUT2D eigenvalue weighted by atomic mass is 10.0. The Morgan fingerprint density at radius 2 is 1.91 bits per heavy atom. The number of hydrogen-bond acceptors (Lipinski definition) is 2. The minimum Gasteiger partial charge on any atom is -0.442 e. The van der Waals surface area contributed by atoms with Gasteiger partial charge in [-0.1, -0.05) is 56.7 Å². The van der Waals surface area contributed by atoms with Gasteiger partial charge in [-0.05, 0) is 18.8 Å². The monoisotopic (exact) mass is 307 g/mol. The molecular weight excluding hydrogens is 284 g/mol. The predicted molar refractivity (Wildman–Crippen MR) is 91.9 cm³/mol. The summed E-state index contributed by atoms with van der Waals surface area (Å²) in [6, 6.07) is 10.5. The van der Waals surface area contributed by atoms with Gasteiger partial charge in [-0.15, -0.1) is 6.20 Å². The third-order valence-electron chi connectivity index (χ3n) is 3.91. The zero-order valence-electron chi connectivity index (χ0n) is 13.8. The summed E-state index contributed by atoms with van der Waals surface area (Å²) in [6.07, 6.45) is 10.6. The Bertz CT molecular complexity index is 711. The van der Waals surface area contributed by atoms with Gasteiger partial charge < -0.3 is 14.1 Å². The first kappa shape index (κ1) is 15.5. The first-order valence-electron chi connectivity index (χ1n) is 8.21. The highest BCUT2D eigenvalue weighted by Gasteiger charge is 2.13. The quantitative estimate of drug-likeness (QED) is 0.622. The lowest BCUT2D eigenvalue weighted by Gasteiger charge is -2.13. The molecule has 0 spiro atoms. The summed E-state index contributed by atoms with van der Waals surface area (Å²) in [4.78, 5) is 8.66. The van der Waals surface area contributed by atoms with E-state index in [-0.39, 0.29) is 0 Å². The van der Waals surface area contributed by atoms with Crippen LogP contribution in [0.2, 0.25) is 0 Å². The summed E-state index contributed by atoms with van der Waals surface area (Å²) in [5.74, 6) is 0.608. The molecule has 3 aromatic rings. The van der Waals surface area contributed by atoms with Crippen molar-refractivity contribution in [1.29, 1.82) is 0 Å². The van der Waals surface area contributed by atoms with Crippen molar-refractivity contribution >= 4 is 0 Å². The molecule has 0 aliphatic heterocycles. The second kappa shape index (κ2) is 7.27. The maximum atomic E-state index is 4.69. The molecule has 0 aliphatic carbocycles. The first-order chi connectivity index (χ1) is 11.2. The zero-order chi connectivity index (χ0) is 16.1. The Balaban J connectivity index is 1.77. The predicted octanol–water partition coefficient (Wildman–Crippen LogP) is 3.84. The fourth-order valence-corrected chi connectivity index (χ4v) is 2.83. The normalized spacial score (nSPS) is 11.3. The smallest absolute Gasteiger partial charge is 0.0956 e. The average Bonchev–Trinajstić information content (AvgIpc) is 3.19. The first-order valence-corrected chi connectivity index (χ1v) is 8.21. The second-order valence-corrected chi connectivity index (χ2v) is 6.29. The molecule has 2 heterocycles. The molecule has 0 unspecified atom stereocenters. The number of benzene rings is 1. The number of aromatic nitrogens is 4. The van der Waals surface area contributed by atoms with Crippen molar-refractivity contribution in [2.45, 2.75) is 39.8 Å². The van der Waals surface area contributed by atoms with Crippen LogP contribution in [-0.2, 0) is 19.5 Å². The fourth-order valence-electron chi connectivity index (χ4n) is 2.83. The standard InChI is InChI=1S/C19H23N4/c1-16(2)13-18-19(17-7-4-3-5-8-17)21-15-23(18)11-6-10-22-12-9-20-14-22/h3-5,7-8,12,14-16H,6,10-11,13H2,1-2H3/q-1. The van der Waals surface area contributed by atoms with Crippen molar-refractivity contribution in [3.8, 4) is 11.3 Å². The Morgan fingerprint density at radius 3 is 2.61 bits per heavy atom. The highest BCUT2D eigenvalue weighted by Crippen LogP contribution is 2.24. The van der Waals surface area contributed by atoms with E-state index in [9.17, 15) is 0 Å². The summed E-state index contributed by atoms with van der Waals surface area (Å²) in [6.45, 7) is 6.44. The topological polar surface area (TPSA) is 35.6 Å².